The first-order chi connectivity index (χ1) is 8.51. The summed E-state index contributed by atoms with van der Waals surface area (Å²) in [6, 6.07) is 0. The highest BCUT2D eigenvalue weighted by molar-refractivity contribution is 6.00. The van der Waals surface area contributed by atoms with Crippen molar-refractivity contribution in [2.45, 2.75) is 19.8 Å². The maximum Gasteiger partial charge on any atom is 0.328 e. The van der Waals surface area contributed by atoms with Crippen molar-refractivity contribution in [3.05, 3.63) is 11.9 Å². The zero-order valence-electron chi connectivity index (χ0n) is 10.3. The van der Waals surface area contributed by atoms with E-state index in [0.717, 1.165) is 4.68 Å². The molecule has 100 valence electrons. The smallest absolute Gasteiger partial charge is 0.328 e. The third-order valence-corrected chi connectivity index (χ3v) is 2.07. The Labute approximate surface area is 103 Å². The van der Waals surface area contributed by atoms with Crippen LogP contribution in [0.25, 0.3) is 0 Å². The van der Waals surface area contributed by atoms with E-state index in [-0.39, 0.29) is 19.0 Å². The fourth-order valence-electron chi connectivity index (χ4n) is 1.37. The summed E-state index contributed by atoms with van der Waals surface area (Å²) in [5, 5.41) is 3.34. The van der Waals surface area contributed by atoms with E-state index in [2.05, 4.69) is 10.1 Å². The van der Waals surface area contributed by atoms with E-state index in [1.54, 1.807) is 13.8 Å². The second-order valence-electron chi connectivity index (χ2n) is 3.30. The largest absolute Gasteiger partial charge is 0.465 e. The normalized spacial score (nSPS) is 10.5. The topological polar surface area (TPSA) is 83.3 Å². The molecule has 0 bridgehead atoms. The number of hydrogen-bond donors (Lipinski definition) is 0. The van der Waals surface area contributed by atoms with Crippen LogP contribution in [0.5, 0.6) is 0 Å². The molecular weight excluding hydrogens is 245 g/mol. The van der Waals surface area contributed by atoms with Crippen molar-refractivity contribution in [1.29, 1.82) is 0 Å². The van der Waals surface area contributed by atoms with Gasteiger partial charge < -0.3 is 9.47 Å². The number of ether oxygens (including phenoxy) is 2. The molecule has 1 heterocycles. The number of rotatable bonds is 5. The lowest BCUT2D eigenvalue weighted by atomic mass is 10.1. The van der Waals surface area contributed by atoms with Gasteiger partial charge in [-0.15, -0.1) is 5.10 Å². The molecule has 0 saturated carbocycles. The van der Waals surface area contributed by atoms with E-state index < -0.39 is 23.9 Å². The number of aryl methyl sites for hydroxylation is 1. The molecule has 0 radical (unpaired) electrons. The van der Waals surface area contributed by atoms with Crippen molar-refractivity contribution in [2.24, 2.45) is 7.05 Å². The number of hydrogen-bond acceptors (Lipinski definition) is 6. The van der Waals surface area contributed by atoms with Crippen LogP contribution in [0.15, 0.2) is 0 Å². The van der Waals surface area contributed by atoms with Crippen LogP contribution in [0.4, 0.5) is 4.39 Å². The van der Waals surface area contributed by atoms with Gasteiger partial charge in [0.05, 0.1) is 13.2 Å². The second-order valence-corrected chi connectivity index (χ2v) is 3.30. The van der Waals surface area contributed by atoms with Gasteiger partial charge in [-0.25, -0.2) is 4.68 Å². The molecule has 1 aromatic heterocycles. The van der Waals surface area contributed by atoms with Gasteiger partial charge in [0.25, 0.3) is 0 Å². The summed E-state index contributed by atoms with van der Waals surface area (Å²) in [5.74, 6) is -3.26. The fourth-order valence-corrected chi connectivity index (χ4v) is 1.37. The molecule has 0 amide bonds. The van der Waals surface area contributed by atoms with Crippen LogP contribution in [0.3, 0.4) is 0 Å². The lowest BCUT2D eigenvalue weighted by Gasteiger charge is -2.13. The van der Waals surface area contributed by atoms with Gasteiger partial charge in [-0.2, -0.15) is 9.37 Å². The van der Waals surface area contributed by atoms with Crippen molar-refractivity contribution < 1.29 is 23.5 Å². The highest BCUT2D eigenvalue weighted by Crippen LogP contribution is 2.17. The zero-order chi connectivity index (χ0) is 13.7. The lowest BCUT2D eigenvalue weighted by Crippen LogP contribution is -2.28. The Bertz CT molecular complexity index is 428. The molecular formula is C10H14FN3O4. The molecule has 0 N–H and O–H groups in total. The number of carbonyl (C=O) groups is 2. The van der Waals surface area contributed by atoms with E-state index in [1.807, 2.05) is 0 Å². The van der Waals surface area contributed by atoms with Crippen LogP contribution < -0.4 is 0 Å². The fraction of sp³-hybridized carbons (Fsp3) is 0.600. The molecule has 0 atom stereocenters. The first kappa shape index (κ1) is 14.1. The molecule has 0 saturated heterocycles. The van der Waals surface area contributed by atoms with Crippen LogP contribution in [0.1, 0.15) is 25.6 Å². The Morgan fingerprint density at radius 3 is 2.11 bits per heavy atom. The molecule has 7 nitrogen and oxygen atoms in total. The van der Waals surface area contributed by atoms with Gasteiger partial charge in [-0.05, 0) is 13.8 Å². The molecule has 0 aliphatic carbocycles. The second kappa shape index (κ2) is 6.08. The van der Waals surface area contributed by atoms with Crippen molar-refractivity contribution >= 4 is 11.9 Å². The minimum Gasteiger partial charge on any atom is -0.465 e. The number of esters is 2. The lowest BCUT2D eigenvalue weighted by molar-refractivity contribution is -0.157. The third-order valence-electron chi connectivity index (χ3n) is 2.07. The maximum atomic E-state index is 12.9. The summed E-state index contributed by atoms with van der Waals surface area (Å²) in [7, 11) is 1.37. The molecule has 1 rings (SSSR count). The molecule has 1 aromatic rings. The molecule has 18 heavy (non-hydrogen) atoms. The highest BCUT2D eigenvalue weighted by Gasteiger charge is 2.36. The van der Waals surface area contributed by atoms with E-state index in [0.29, 0.717) is 0 Å². The molecule has 0 aliphatic heterocycles. The highest BCUT2D eigenvalue weighted by atomic mass is 19.1. The van der Waals surface area contributed by atoms with Gasteiger partial charge >= 0.3 is 18.0 Å². The summed E-state index contributed by atoms with van der Waals surface area (Å²) in [4.78, 5) is 26.8. The number of carbonyl (C=O) groups excluding carboxylic acids is 2. The summed E-state index contributed by atoms with van der Waals surface area (Å²) < 4.78 is 23.4. The van der Waals surface area contributed by atoms with Crippen LogP contribution in [0.2, 0.25) is 0 Å². The van der Waals surface area contributed by atoms with Crippen molar-refractivity contribution in [1.82, 2.24) is 14.8 Å². The van der Waals surface area contributed by atoms with Gasteiger partial charge in [0.2, 0.25) is 5.92 Å². The van der Waals surface area contributed by atoms with Crippen LogP contribution in [-0.4, -0.2) is 39.9 Å². The SMILES string of the molecule is CCOC(=O)C(C(=O)OCC)c1nc(F)nn1C. The molecule has 8 heteroatoms. The van der Waals surface area contributed by atoms with Crippen molar-refractivity contribution in [3.63, 3.8) is 0 Å². The predicted molar refractivity (Wildman–Crippen MR) is 57.0 cm³/mol. The zero-order valence-corrected chi connectivity index (χ0v) is 10.3. The van der Waals surface area contributed by atoms with E-state index in [4.69, 9.17) is 9.47 Å². The average molecular weight is 259 g/mol. The summed E-state index contributed by atoms with van der Waals surface area (Å²) in [6.07, 6.45) is -1.02. The monoisotopic (exact) mass is 259 g/mol. The summed E-state index contributed by atoms with van der Waals surface area (Å²) in [5.41, 5.74) is 0. The predicted octanol–water partition coefficient (Wildman–Crippen LogP) is 0.164. The first-order valence-corrected chi connectivity index (χ1v) is 5.40. The van der Waals surface area contributed by atoms with Crippen molar-refractivity contribution in [3.8, 4) is 0 Å². The minimum atomic E-state index is -1.42. The molecule has 0 aromatic carbocycles. The Kier molecular flexibility index (Phi) is 4.75. The molecule has 0 spiro atoms. The Balaban J connectivity index is 3.07. The first-order valence-electron chi connectivity index (χ1n) is 5.40. The molecule has 0 unspecified atom stereocenters. The van der Waals surface area contributed by atoms with Crippen LogP contribution in [0, 0.1) is 6.08 Å². The van der Waals surface area contributed by atoms with E-state index in [9.17, 15) is 14.0 Å². The van der Waals surface area contributed by atoms with Crippen LogP contribution in [-0.2, 0) is 26.1 Å². The van der Waals surface area contributed by atoms with Gasteiger partial charge in [-0.3, -0.25) is 9.59 Å². The molecule has 0 aliphatic rings. The van der Waals surface area contributed by atoms with Gasteiger partial charge in [0, 0.05) is 7.05 Å². The van der Waals surface area contributed by atoms with Gasteiger partial charge in [0.1, 0.15) is 0 Å². The minimum absolute atomic E-state index is 0.0923. The summed E-state index contributed by atoms with van der Waals surface area (Å²) in [6.45, 7) is 3.37. The standard InChI is InChI=1S/C10H14FN3O4/c1-4-17-8(15)6(9(16)18-5-2)7-12-10(11)13-14(7)3/h6H,4-5H2,1-3H3. The number of aromatic nitrogens is 3. The maximum absolute atomic E-state index is 12.9. The average Bonchev–Trinajstić information content (AvgIpc) is 2.59. The van der Waals surface area contributed by atoms with Crippen LogP contribution >= 0.6 is 0 Å². The van der Waals surface area contributed by atoms with Gasteiger partial charge in [-0.1, -0.05) is 0 Å². The Morgan fingerprint density at radius 1 is 1.28 bits per heavy atom. The van der Waals surface area contributed by atoms with Crippen molar-refractivity contribution in [2.75, 3.05) is 13.2 Å². The summed E-state index contributed by atoms with van der Waals surface area (Å²) >= 11 is 0. The van der Waals surface area contributed by atoms with E-state index >= 15 is 0 Å². The quantitative estimate of drug-likeness (QED) is 0.553. The Hall–Kier alpha value is -1.99. The Morgan fingerprint density at radius 2 is 1.78 bits per heavy atom. The van der Waals surface area contributed by atoms with E-state index in [1.165, 1.54) is 7.05 Å². The third kappa shape index (κ3) is 3.02. The molecule has 0 fully saturated rings. The number of nitrogens with zero attached hydrogens (tertiary/aromatic N) is 3. The van der Waals surface area contributed by atoms with Gasteiger partial charge in [0.15, 0.2) is 5.82 Å². The number of halogens is 1.